The highest BCUT2D eigenvalue weighted by Gasteiger charge is 2.12. The van der Waals surface area contributed by atoms with Gasteiger partial charge in [0, 0.05) is 10.5 Å². The van der Waals surface area contributed by atoms with E-state index < -0.39 is 5.91 Å². The minimum atomic E-state index is -0.483. The van der Waals surface area contributed by atoms with Crippen molar-refractivity contribution in [3.05, 3.63) is 27.7 Å². The molecule has 0 radical (unpaired) electrons. The summed E-state index contributed by atoms with van der Waals surface area (Å²) in [6.07, 6.45) is 1.60. The van der Waals surface area contributed by atoms with Crippen molar-refractivity contribution in [1.29, 1.82) is 0 Å². The first kappa shape index (κ1) is 15.0. The number of rotatable bonds is 6. The average molecular weight is 315 g/mol. The summed E-state index contributed by atoms with van der Waals surface area (Å²) in [5.74, 6) is 0.226. The van der Waals surface area contributed by atoms with Gasteiger partial charge >= 0.3 is 0 Å². The number of carbonyl (C=O) groups is 1. The summed E-state index contributed by atoms with van der Waals surface area (Å²) < 4.78 is 6.46. The lowest BCUT2D eigenvalue weighted by Gasteiger charge is -2.16. The van der Waals surface area contributed by atoms with Crippen molar-refractivity contribution in [3.63, 3.8) is 0 Å². The largest absolute Gasteiger partial charge is 0.483 e. The van der Waals surface area contributed by atoms with Crippen LogP contribution in [0.1, 0.15) is 24.5 Å². The SMILES string of the molecule is CCC(N)Cc1cc(Br)cc(C)c1OCC(N)=O. The van der Waals surface area contributed by atoms with Crippen LogP contribution in [0.3, 0.4) is 0 Å². The van der Waals surface area contributed by atoms with Crippen LogP contribution in [0.15, 0.2) is 16.6 Å². The normalized spacial score (nSPS) is 12.2. The number of ether oxygens (including phenoxy) is 1. The lowest BCUT2D eigenvalue weighted by Crippen LogP contribution is -2.23. The van der Waals surface area contributed by atoms with Crippen molar-refractivity contribution in [2.24, 2.45) is 11.5 Å². The van der Waals surface area contributed by atoms with Crippen LogP contribution in [0.5, 0.6) is 5.75 Å². The first-order chi connectivity index (χ1) is 8.43. The van der Waals surface area contributed by atoms with Crippen LogP contribution in [-0.4, -0.2) is 18.6 Å². The number of primary amides is 1. The fourth-order valence-electron chi connectivity index (χ4n) is 1.73. The summed E-state index contributed by atoms with van der Waals surface area (Å²) in [5.41, 5.74) is 13.0. The standard InChI is InChI=1S/C13H19BrN2O2/c1-3-11(15)6-9-5-10(14)4-8(2)13(9)18-7-12(16)17/h4-5,11H,3,6-7,15H2,1-2H3,(H2,16,17). The summed E-state index contributed by atoms with van der Waals surface area (Å²) in [5, 5.41) is 0. The molecule has 0 saturated heterocycles. The van der Waals surface area contributed by atoms with Gasteiger partial charge in [0.05, 0.1) is 0 Å². The molecule has 0 aliphatic rings. The Morgan fingerprint density at radius 2 is 2.17 bits per heavy atom. The smallest absolute Gasteiger partial charge is 0.255 e. The molecule has 1 aromatic rings. The van der Waals surface area contributed by atoms with E-state index in [0.29, 0.717) is 12.2 Å². The minimum absolute atomic E-state index is 0.0784. The first-order valence-electron chi connectivity index (χ1n) is 5.89. The number of hydrogen-bond acceptors (Lipinski definition) is 3. The van der Waals surface area contributed by atoms with Crippen molar-refractivity contribution in [2.75, 3.05) is 6.61 Å². The molecule has 0 spiro atoms. The molecule has 0 bridgehead atoms. The van der Waals surface area contributed by atoms with Crippen LogP contribution < -0.4 is 16.2 Å². The molecule has 0 aliphatic heterocycles. The lowest BCUT2D eigenvalue weighted by molar-refractivity contribution is -0.119. The Morgan fingerprint density at radius 1 is 1.50 bits per heavy atom. The number of nitrogens with two attached hydrogens (primary N) is 2. The molecule has 0 aliphatic carbocycles. The molecule has 18 heavy (non-hydrogen) atoms. The van der Waals surface area contributed by atoms with Gasteiger partial charge in [0.25, 0.3) is 5.91 Å². The minimum Gasteiger partial charge on any atom is -0.483 e. The van der Waals surface area contributed by atoms with E-state index in [0.717, 1.165) is 22.0 Å². The topological polar surface area (TPSA) is 78.3 Å². The van der Waals surface area contributed by atoms with E-state index >= 15 is 0 Å². The zero-order valence-electron chi connectivity index (χ0n) is 10.7. The molecular weight excluding hydrogens is 296 g/mol. The second kappa shape index (κ2) is 6.75. The summed E-state index contributed by atoms with van der Waals surface area (Å²) in [6, 6.07) is 3.99. The monoisotopic (exact) mass is 314 g/mol. The second-order valence-corrected chi connectivity index (χ2v) is 5.25. The third-order valence-electron chi connectivity index (χ3n) is 2.68. The van der Waals surface area contributed by atoms with Gasteiger partial charge in [0.15, 0.2) is 6.61 Å². The molecule has 0 heterocycles. The molecular formula is C13H19BrN2O2. The van der Waals surface area contributed by atoms with E-state index in [1.807, 2.05) is 26.0 Å². The number of halogens is 1. The van der Waals surface area contributed by atoms with Gasteiger partial charge in [0.2, 0.25) is 0 Å². The molecule has 0 fully saturated rings. The second-order valence-electron chi connectivity index (χ2n) is 4.34. The van der Waals surface area contributed by atoms with Gasteiger partial charge in [-0.1, -0.05) is 22.9 Å². The van der Waals surface area contributed by atoms with Gasteiger partial charge < -0.3 is 16.2 Å². The molecule has 5 heteroatoms. The van der Waals surface area contributed by atoms with E-state index in [1.54, 1.807) is 0 Å². The summed E-state index contributed by atoms with van der Waals surface area (Å²) in [7, 11) is 0. The average Bonchev–Trinajstić information content (AvgIpc) is 2.27. The molecule has 1 amide bonds. The summed E-state index contributed by atoms with van der Waals surface area (Å²) >= 11 is 3.45. The van der Waals surface area contributed by atoms with Crippen molar-refractivity contribution in [1.82, 2.24) is 0 Å². The van der Waals surface area contributed by atoms with Crippen LogP contribution in [-0.2, 0) is 11.2 Å². The third kappa shape index (κ3) is 4.31. The van der Waals surface area contributed by atoms with E-state index in [-0.39, 0.29) is 12.6 Å². The molecule has 1 rings (SSSR count). The van der Waals surface area contributed by atoms with Crippen LogP contribution in [0.25, 0.3) is 0 Å². The van der Waals surface area contributed by atoms with Crippen LogP contribution >= 0.6 is 15.9 Å². The Balaban J connectivity index is 3.00. The highest BCUT2D eigenvalue weighted by Crippen LogP contribution is 2.29. The Morgan fingerprint density at radius 3 is 2.72 bits per heavy atom. The molecule has 4 nitrogen and oxygen atoms in total. The Labute approximate surface area is 116 Å². The molecule has 4 N–H and O–H groups in total. The predicted octanol–water partition coefficient (Wildman–Crippen LogP) is 1.90. The van der Waals surface area contributed by atoms with Gasteiger partial charge in [-0.3, -0.25) is 4.79 Å². The van der Waals surface area contributed by atoms with Crippen LogP contribution in [0, 0.1) is 6.92 Å². The summed E-state index contributed by atoms with van der Waals surface area (Å²) in [4.78, 5) is 10.8. The van der Waals surface area contributed by atoms with Gasteiger partial charge in [0.1, 0.15) is 5.75 Å². The third-order valence-corrected chi connectivity index (χ3v) is 3.14. The molecule has 1 aromatic carbocycles. The van der Waals surface area contributed by atoms with E-state index in [1.165, 1.54) is 0 Å². The van der Waals surface area contributed by atoms with Gasteiger partial charge in [-0.2, -0.15) is 0 Å². The lowest BCUT2D eigenvalue weighted by atomic mass is 10.0. The predicted molar refractivity (Wildman–Crippen MR) is 75.5 cm³/mol. The van der Waals surface area contributed by atoms with E-state index in [9.17, 15) is 4.79 Å². The van der Waals surface area contributed by atoms with Gasteiger partial charge in [-0.25, -0.2) is 0 Å². The Kier molecular flexibility index (Phi) is 5.62. The Hall–Kier alpha value is -1.07. The first-order valence-corrected chi connectivity index (χ1v) is 6.69. The molecule has 100 valence electrons. The fraction of sp³-hybridized carbons (Fsp3) is 0.462. The van der Waals surface area contributed by atoms with Crippen LogP contribution in [0.4, 0.5) is 0 Å². The van der Waals surface area contributed by atoms with Crippen LogP contribution in [0.2, 0.25) is 0 Å². The van der Waals surface area contributed by atoms with Gasteiger partial charge in [-0.05, 0) is 43.0 Å². The number of amides is 1. The fourth-order valence-corrected chi connectivity index (χ4v) is 2.35. The van der Waals surface area contributed by atoms with Crippen molar-refractivity contribution in [3.8, 4) is 5.75 Å². The molecule has 1 unspecified atom stereocenters. The number of aryl methyl sites for hydroxylation is 1. The Bertz CT molecular complexity index is 435. The molecule has 0 aromatic heterocycles. The number of hydrogen-bond donors (Lipinski definition) is 2. The maximum absolute atomic E-state index is 10.8. The maximum Gasteiger partial charge on any atom is 0.255 e. The molecule has 1 atom stereocenters. The van der Waals surface area contributed by atoms with Crippen molar-refractivity contribution in [2.45, 2.75) is 32.7 Å². The zero-order chi connectivity index (χ0) is 13.7. The van der Waals surface area contributed by atoms with Crippen molar-refractivity contribution < 1.29 is 9.53 Å². The summed E-state index contributed by atoms with van der Waals surface area (Å²) in [6.45, 7) is 3.86. The maximum atomic E-state index is 10.8. The highest BCUT2D eigenvalue weighted by molar-refractivity contribution is 9.10. The zero-order valence-corrected chi connectivity index (χ0v) is 12.3. The molecule has 0 saturated carbocycles. The number of benzene rings is 1. The van der Waals surface area contributed by atoms with E-state index in [2.05, 4.69) is 15.9 Å². The van der Waals surface area contributed by atoms with E-state index in [4.69, 9.17) is 16.2 Å². The number of carbonyl (C=O) groups excluding carboxylic acids is 1. The quantitative estimate of drug-likeness (QED) is 0.841. The highest BCUT2D eigenvalue weighted by atomic mass is 79.9. The van der Waals surface area contributed by atoms with Crippen molar-refractivity contribution >= 4 is 21.8 Å². The van der Waals surface area contributed by atoms with Gasteiger partial charge in [-0.15, -0.1) is 0 Å².